The van der Waals surface area contributed by atoms with Crippen LogP contribution in [0, 0.1) is 0 Å². The lowest BCUT2D eigenvalue weighted by molar-refractivity contribution is 0.150. The van der Waals surface area contributed by atoms with Gasteiger partial charge in [-0.2, -0.15) is 0 Å². The third kappa shape index (κ3) is 3.47. The van der Waals surface area contributed by atoms with Crippen molar-refractivity contribution >= 4 is 29.2 Å². The van der Waals surface area contributed by atoms with Gasteiger partial charge in [-0.1, -0.05) is 53.5 Å². The van der Waals surface area contributed by atoms with E-state index >= 15 is 0 Å². The van der Waals surface area contributed by atoms with Crippen molar-refractivity contribution in [3.63, 3.8) is 0 Å². The average Bonchev–Trinajstić information content (AvgIpc) is 2.78. The second-order valence-electron chi connectivity index (χ2n) is 8.34. The largest absolute Gasteiger partial charge is 0.357 e. The molecule has 0 amide bonds. The first-order valence-corrected chi connectivity index (χ1v) is 11.1. The van der Waals surface area contributed by atoms with Crippen LogP contribution in [-0.4, -0.2) is 35.0 Å². The number of aromatic nitrogens is 2. The molecule has 2 aliphatic rings. The standard InChI is InChI=1S/C24H24Cl2N4/c1-27-23-28-14-17-13-24(19-5-3-2-4-18(19)22(17)29-23)8-10-30(11-9-24)15-16-6-7-20(25)21(26)12-16/h2-7,12,14H,8-11,13,15H2,1H3,(H,27,28,29). The van der Waals surface area contributed by atoms with Crippen LogP contribution in [0.4, 0.5) is 5.95 Å². The molecule has 1 aromatic heterocycles. The molecule has 3 aromatic rings. The molecule has 0 atom stereocenters. The van der Waals surface area contributed by atoms with Crippen LogP contribution in [0.5, 0.6) is 0 Å². The summed E-state index contributed by atoms with van der Waals surface area (Å²) in [5.74, 6) is 0.677. The number of benzene rings is 2. The van der Waals surface area contributed by atoms with Gasteiger partial charge in [0, 0.05) is 30.8 Å². The molecule has 1 aliphatic carbocycles. The molecule has 1 N–H and O–H groups in total. The Labute approximate surface area is 187 Å². The summed E-state index contributed by atoms with van der Waals surface area (Å²) in [5, 5.41) is 4.31. The summed E-state index contributed by atoms with van der Waals surface area (Å²) in [7, 11) is 1.86. The Hall–Kier alpha value is -2.14. The molecule has 0 bridgehead atoms. The van der Waals surface area contributed by atoms with Gasteiger partial charge in [0.15, 0.2) is 0 Å². The predicted molar refractivity (Wildman–Crippen MR) is 123 cm³/mol. The minimum atomic E-state index is 0.155. The minimum Gasteiger partial charge on any atom is -0.357 e. The highest BCUT2D eigenvalue weighted by atomic mass is 35.5. The summed E-state index contributed by atoms with van der Waals surface area (Å²) in [6, 6.07) is 14.7. The molecule has 2 heterocycles. The summed E-state index contributed by atoms with van der Waals surface area (Å²) in [6.07, 6.45) is 5.26. The average molecular weight is 439 g/mol. The van der Waals surface area contributed by atoms with Gasteiger partial charge in [0.05, 0.1) is 15.7 Å². The van der Waals surface area contributed by atoms with Crippen LogP contribution >= 0.6 is 23.2 Å². The molecule has 0 saturated carbocycles. The van der Waals surface area contributed by atoms with E-state index in [9.17, 15) is 0 Å². The number of halogens is 2. The minimum absolute atomic E-state index is 0.155. The third-order valence-electron chi connectivity index (χ3n) is 6.57. The zero-order valence-corrected chi connectivity index (χ0v) is 18.5. The first-order valence-electron chi connectivity index (χ1n) is 10.4. The molecule has 1 aliphatic heterocycles. The van der Waals surface area contributed by atoms with Crippen LogP contribution < -0.4 is 5.32 Å². The lowest BCUT2D eigenvalue weighted by Gasteiger charge is -2.45. The summed E-state index contributed by atoms with van der Waals surface area (Å²) in [4.78, 5) is 11.8. The lowest BCUT2D eigenvalue weighted by atomic mass is 9.64. The van der Waals surface area contributed by atoms with Crippen LogP contribution in [0.2, 0.25) is 10.0 Å². The van der Waals surface area contributed by atoms with Gasteiger partial charge < -0.3 is 5.32 Å². The van der Waals surface area contributed by atoms with Crippen LogP contribution in [0.1, 0.15) is 29.5 Å². The molecule has 5 rings (SSSR count). The van der Waals surface area contributed by atoms with Gasteiger partial charge in [-0.25, -0.2) is 9.97 Å². The fourth-order valence-corrected chi connectivity index (χ4v) is 5.30. The Morgan fingerprint density at radius 2 is 1.87 bits per heavy atom. The van der Waals surface area contributed by atoms with E-state index in [4.69, 9.17) is 28.2 Å². The van der Waals surface area contributed by atoms with Crippen molar-refractivity contribution in [2.75, 3.05) is 25.5 Å². The predicted octanol–water partition coefficient (Wildman–Crippen LogP) is 5.58. The van der Waals surface area contributed by atoms with E-state index in [-0.39, 0.29) is 5.41 Å². The van der Waals surface area contributed by atoms with Gasteiger partial charge in [-0.15, -0.1) is 0 Å². The Morgan fingerprint density at radius 1 is 1.07 bits per heavy atom. The number of nitrogens with zero attached hydrogens (tertiary/aromatic N) is 3. The highest BCUT2D eigenvalue weighted by Crippen LogP contribution is 2.48. The summed E-state index contributed by atoms with van der Waals surface area (Å²) in [5.41, 5.74) is 6.40. The zero-order chi connectivity index (χ0) is 20.7. The smallest absolute Gasteiger partial charge is 0.222 e. The molecule has 1 spiro atoms. The molecule has 2 aromatic carbocycles. The maximum Gasteiger partial charge on any atom is 0.222 e. The summed E-state index contributed by atoms with van der Waals surface area (Å²) >= 11 is 12.3. The molecule has 0 radical (unpaired) electrons. The van der Waals surface area contributed by atoms with Crippen LogP contribution in [0.25, 0.3) is 11.3 Å². The van der Waals surface area contributed by atoms with E-state index in [1.165, 1.54) is 22.3 Å². The molecule has 4 nitrogen and oxygen atoms in total. The van der Waals surface area contributed by atoms with Crippen molar-refractivity contribution in [3.8, 4) is 11.3 Å². The molecule has 154 valence electrons. The molecule has 1 fully saturated rings. The fourth-order valence-electron chi connectivity index (χ4n) is 4.98. The van der Waals surface area contributed by atoms with Crippen molar-refractivity contribution in [1.29, 1.82) is 0 Å². The van der Waals surface area contributed by atoms with Crippen molar-refractivity contribution in [2.45, 2.75) is 31.2 Å². The molecular formula is C24H24Cl2N4. The number of hydrogen-bond donors (Lipinski definition) is 1. The Morgan fingerprint density at radius 3 is 2.63 bits per heavy atom. The monoisotopic (exact) mass is 438 g/mol. The zero-order valence-electron chi connectivity index (χ0n) is 17.0. The molecule has 1 saturated heterocycles. The molecule has 6 heteroatoms. The quantitative estimate of drug-likeness (QED) is 0.578. The van der Waals surface area contributed by atoms with Gasteiger partial charge in [0.1, 0.15) is 0 Å². The molecular weight excluding hydrogens is 415 g/mol. The number of piperidine rings is 1. The van der Waals surface area contributed by atoms with Crippen molar-refractivity contribution in [1.82, 2.24) is 14.9 Å². The highest BCUT2D eigenvalue weighted by Gasteiger charge is 2.41. The maximum atomic E-state index is 6.21. The summed E-state index contributed by atoms with van der Waals surface area (Å²) in [6.45, 7) is 3.01. The van der Waals surface area contributed by atoms with E-state index in [2.05, 4.69) is 45.5 Å². The normalized spacial score (nSPS) is 17.4. The van der Waals surface area contributed by atoms with Crippen LogP contribution in [-0.2, 0) is 18.4 Å². The second kappa shape index (κ2) is 7.84. The summed E-state index contributed by atoms with van der Waals surface area (Å²) < 4.78 is 0. The van der Waals surface area contributed by atoms with Gasteiger partial charge in [-0.05, 0) is 61.2 Å². The van der Waals surface area contributed by atoms with Crippen molar-refractivity contribution in [2.24, 2.45) is 0 Å². The Bertz CT molecular complexity index is 1090. The number of anilines is 1. The third-order valence-corrected chi connectivity index (χ3v) is 7.31. The highest BCUT2D eigenvalue weighted by molar-refractivity contribution is 6.42. The lowest BCUT2D eigenvalue weighted by Crippen LogP contribution is -2.45. The SMILES string of the molecule is CNc1ncc2c(n1)-c1ccccc1C1(CCN(Cc3ccc(Cl)c(Cl)c3)CC1)C2. The van der Waals surface area contributed by atoms with Crippen LogP contribution in [0.3, 0.4) is 0 Å². The first kappa shape index (κ1) is 19.8. The van der Waals surface area contributed by atoms with Gasteiger partial charge in [0.2, 0.25) is 5.95 Å². The van der Waals surface area contributed by atoms with Gasteiger partial charge in [-0.3, -0.25) is 4.90 Å². The number of rotatable bonds is 3. The van der Waals surface area contributed by atoms with Gasteiger partial charge >= 0.3 is 0 Å². The van der Waals surface area contributed by atoms with Crippen molar-refractivity contribution in [3.05, 3.63) is 75.4 Å². The number of likely N-dealkylation sites (tertiary alicyclic amines) is 1. The van der Waals surface area contributed by atoms with E-state index < -0.39 is 0 Å². The van der Waals surface area contributed by atoms with E-state index in [1.807, 2.05) is 25.4 Å². The van der Waals surface area contributed by atoms with Gasteiger partial charge in [0.25, 0.3) is 0 Å². The maximum absolute atomic E-state index is 6.21. The number of fused-ring (bicyclic) bond motifs is 4. The first-order chi connectivity index (χ1) is 14.6. The molecule has 0 unspecified atom stereocenters. The molecule has 30 heavy (non-hydrogen) atoms. The number of hydrogen-bond acceptors (Lipinski definition) is 4. The topological polar surface area (TPSA) is 41.1 Å². The Kier molecular flexibility index (Phi) is 5.18. The van der Waals surface area contributed by atoms with E-state index in [1.54, 1.807) is 0 Å². The number of nitrogens with one attached hydrogen (secondary N) is 1. The van der Waals surface area contributed by atoms with Crippen molar-refractivity contribution < 1.29 is 0 Å². The second-order valence-corrected chi connectivity index (χ2v) is 9.16. The van der Waals surface area contributed by atoms with E-state index in [0.29, 0.717) is 16.0 Å². The van der Waals surface area contributed by atoms with E-state index in [0.717, 1.165) is 44.6 Å². The Balaban J connectivity index is 1.40. The van der Waals surface area contributed by atoms with Crippen LogP contribution in [0.15, 0.2) is 48.7 Å². The fraction of sp³-hybridized carbons (Fsp3) is 0.333.